The summed E-state index contributed by atoms with van der Waals surface area (Å²) in [5, 5.41) is 3.64. The van der Waals surface area contributed by atoms with Crippen LogP contribution in [0.3, 0.4) is 0 Å². The molecule has 0 aliphatic rings. The van der Waals surface area contributed by atoms with Gasteiger partial charge < -0.3 is 5.32 Å². The lowest BCUT2D eigenvalue weighted by molar-refractivity contribution is 0.439. The molecule has 1 aromatic carbocycles. The Hall–Kier alpha value is -0.910. The molecular weight excluding hydrogens is 238 g/mol. The van der Waals surface area contributed by atoms with Gasteiger partial charge in [0.1, 0.15) is 0 Å². The number of hydrogen-bond acceptors (Lipinski definition) is 2. The Morgan fingerprint density at radius 3 is 2.61 bits per heavy atom. The molecule has 0 spiro atoms. The number of benzene rings is 1. The van der Waals surface area contributed by atoms with E-state index in [-0.39, 0.29) is 0 Å². The van der Waals surface area contributed by atoms with Gasteiger partial charge in [0, 0.05) is 18.3 Å². The highest BCUT2D eigenvalue weighted by molar-refractivity contribution is 7.99. The summed E-state index contributed by atoms with van der Waals surface area (Å²) in [6.07, 6.45) is 6.41. The second kappa shape index (κ2) is 9.08. The van der Waals surface area contributed by atoms with E-state index in [1.54, 1.807) is 0 Å². The molecular formula is C16H23NS. The molecule has 1 nitrogen and oxygen atoms in total. The van der Waals surface area contributed by atoms with Gasteiger partial charge in [-0.25, -0.2) is 0 Å². The van der Waals surface area contributed by atoms with Crippen molar-refractivity contribution in [1.29, 1.82) is 0 Å². The fraction of sp³-hybridized carbons (Fsp3) is 0.500. The Balaban J connectivity index is 2.44. The second-order valence-corrected chi connectivity index (χ2v) is 5.91. The molecule has 1 N–H and O–H groups in total. The van der Waals surface area contributed by atoms with E-state index in [0.717, 1.165) is 18.1 Å². The lowest BCUT2D eigenvalue weighted by Crippen LogP contribution is -2.25. The molecule has 1 unspecified atom stereocenters. The molecule has 1 atom stereocenters. The molecule has 0 saturated heterocycles. The SMILES string of the molecule is C#CCSCCNC(CC(C)C)c1ccccc1. The van der Waals surface area contributed by atoms with Crippen molar-refractivity contribution in [3.63, 3.8) is 0 Å². The van der Waals surface area contributed by atoms with Crippen molar-refractivity contribution in [2.75, 3.05) is 18.1 Å². The van der Waals surface area contributed by atoms with Crippen LogP contribution in [0, 0.1) is 18.3 Å². The van der Waals surface area contributed by atoms with Crippen LogP contribution in [0.2, 0.25) is 0 Å². The molecule has 0 radical (unpaired) electrons. The van der Waals surface area contributed by atoms with E-state index in [4.69, 9.17) is 6.42 Å². The molecule has 0 fully saturated rings. The molecule has 1 rings (SSSR count). The van der Waals surface area contributed by atoms with Crippen LogP contribution in [0.15, 0.2) is 30.3 Å². The standard InChI is InChI=1S/C16H23NS/c1-4-11-18-12-10-17-16(13-14(2)3)15-8-6-5-7-9-15/h1,5-9,14,16-17H,10-13H2,2-3H3. The molecule has 0 aromatic heterocycles. The van der Waals surface area contributed by atoms with Crippen molar-refractivity contribution >= 4 is 11.8 Å². The topological polar surface area (TPSA) is 12.0 Å². The van der Waals surface area contributed by atoms with Crippen LogP contribution < -0.4 is 5.32 Å². The predicted octanol–water partition coefficient (Wildman–Crippen LogP) is 3.73. The van der Waals surface area contributed by atoms with E-state index < -0.39 is 0 Å². The van der Waals surface area contributed by atoms with Gasteiger partial charge in [-0.05, 0) is 17.9 Å². The molecule has 0 heterocycles. The molecule has 0 amide bonds. The van der Waals surface area contributed by atoms with Crippen molar-refractivity contribution in [3.8, 4) is 12.3 Å². The van der Waals surface area contributed by atoms with E-state index in [9.17, 15) is 0 Å². The normalized spacial score (nSPS) is 12.3. The van der Waals surface area contributed by atoms with Gasteiger partial charge in [0.15, 0.2) is 0 Å². The highest BCUT2D eigenvalue weighted by atomic mass is 32.2. The van der Waals surface area contributed by atoms with Crippen molar-refractivity contribution in [2.45, 2.75) is 26.3 Å². The first-order valence-corrected chi connectivity index (χ1v) is 7.69. The van der Waals surface area contributed by atoms with Crippen molar-refractivity contribution in [2.24, 2.45) is 5.92 Å². The fourth-order valence-electron chi connectivity index (χ4n) is 1.93. The summed E-state index contributed by atoms with van der Waals surface area (Å²) in [5.74, 6) is 5.23. The van der Waals surface area contributed by atoms with E-state index >= 15 is 0 Å². The van der Waals surface area contributed by atoms with Crippen LogP contribution in [-0.4, -0.2) is 18.1 Å². The summed E-state index contributed by atoms with van der Waals surface area (Å²) in [7, 11) is 0. The molecule has 98 valence electrons. The predicted molar refractivity (Wildman–Crippen MR) is 82.8 cm³/mol. The maximum absolute atomic E-state index is 5.24. The van der Waals surface area contributed by atoms with Gasteiger partial charge in [0.2, 0.25) is 0 Å². The average molecular weight is 261 g/mol. The molecule has 1 aromatic rings. The van der Waals surface area contributed by atoms with Crippen LogP contribution >= 0.6 is 11.8 Å². The maximum Gasteiger partial charge on any atom is 0.0545 e. The number of thioether (sulfide) groups is 1. The number of terminal acetylenes is 1. The van der Waals surface area contributed by atoms with E-state index in [2.05, 4.69) is 55.4 Å². The van der Waals surface area contributed by atoms with Gasteiger partial charge >= 0.3 is 0 Å². The zero-order chi connectivity index (χ0) is 13.2. The summed E-state index contributed by atoms with van der Waals surface area (Å²) in [5.41, 5.74) is 1.38. The van der Waals surface area contributed by atoms with Crippen molar-refractivity contribution < 1.29 is 0 Å². The summed E-state index contributed by atoms with van der Waals surface area (Å²) in [6, 6.07) is 11.1. The summed E-state index contributed by atoms with van der Waals surface area (Å²) >= 11 is 1.81. The zero-order valence-corrected chi connectivity index (χ0v) is 12.2. The van der Waals surface area contributed by atoms with E-state index in [1.807, 2.05) is 11.8 Å². The van der Waals surface area contributed by atoms with Crippen LogP contribution in [-0.2, 0) is 0 Å². The minimum atomic E-state index is 0.456. The molecule has 2 heteroatoms. The van der Waals surface area contributed by atoms with Gasteiger partial charge in [-0.15, -0.1) is 18.2 Å². The van der Waals surface area contributed by atoms with Crippen LogP contribution in [0.5, 0.6) is 0 Å². The smallest absolute Gasteiger partial charge is 0.0545 e. The third kappa shape index (κ3) is 6.14. The Morgan fingerprint density at radius 2 is 2.00 bits per heavy atom. The summed E-state index contributed by atoms with van der Waals surface area (Å²) in [4.78, 5) is 0. The number of rotatable bonds is 8. The first-order chi connectivity index (χ1) is 8.74. The third-order valence-electron chi connectivity index (χ3n) is 2.73. The van der Waals surface area contributed by atoms with Gasteiger partial charge in [-0.2, -0.15) is 0 Å². The lowest BCUT2D eigenvalue weighted by atomic mass is 9.97. The molecule has 0 bridgehead atoms. The van der Waals surface area contributed by atoms with Crippen molar-refractivity contribution in [3.05, 3.63) is 35.9 Å². The quantitative estimate of drug-likeness (QED) is 0.565. The first-order valence-electron chi connectivity index (χ1n) is 6.53. The van der Waals surface area contributed by atoms with Crippen LogP contribution in [0.4, 0.5) is 0 Å². The molecule has 0 saturated carbocycles. The van der Waals surface area contributed by atoms with E-state index in [1.165, 1.54) is 12.0 Å². The first kappa shape index (κ1) is 15.1. The minimum Gasteiger partial charge on any atom is -0.309 e. The average Bonchev–Trinajstić information content (AvgIpc) is 2.38. The zero-order valence-electron chi connectivity index (χ0n) is 11.4. The lowest BCUT2D eigenvalue weighted by Gasteiger charge is -2.21. The number of nitrogens with one attached hydrogen (secondary N) is 1. The van der Waals surface area contributed by atoms with Gasteiger partial charge in [-0.3, -0.25) is 0 Å². The largest absolute Gasteiger partial charge is 0.309 e. The Kier molecular flexibility index (Phi) is 7.64. The minimum absolute atomic E-state index is 0.456. The van der Waals surface area contributed by atoms with Gasteiger partial charge in [0.25, 0.3) is 0 Å². The highest BCUT2D eigenvalue weighted by Crippen LogP contribution is 2.20. The van der Waals surface area contributed by atoms with Crippen LogP contribution in [0.1, 0.15) is 31.9 Å². The summed E-state index contributed by atoms with van der Waals surface area (Å²) in [6.45, 7) is 5.55. The van der Waals surface area contributed by atoms with Crippen LogP contribution in [0.25, 0.3) is 0 Å². The molecule has 0 aliphatic carbocycles. The maximum atomic E-state index is 5.24. The Morgan fingerprint density at radius 1 is 1.28 bits per heavy atom. The monoisotopic (exact) mass is 261 g/mol. The second-order valence-electron chi connectivity index (χ2n) is 4.80. The molecule has 18 heavy (non-hydrogen) atoms. The fourth-order valence-corrected chi connectivity index (χ4v) is 2.45. The third-order valence-corrected chi connectivity index (χ3v) is 3.60. The Bertz CT molecular complexity index is 353. The number of hydrogen-bond donors (Lipinski definition) is 1. The molecule has 0 aliphatic heterocycles. The van der Waals surface area contributed by atoms with Crippen molar-refractivity contribution in [1.82, 2.24) is 5.32 Å². The van der Waals surface area contributed by atoms with Gasteiger partial charge in [0.05, 0.1) is 5.75 Å². The Labute approximate surface area is 116 Å². The van der Waals surface area contributed by atoms with Gasteiger partial charge in [-0.1, -0.05) is 50.1 Å². The van der Waals surface area contributed by atoms with E-state index in [0.29, 0.717) is 12.0 Å². The summed E-state index contributed by atoms with van der Waals surface area (Å²) < 4.78 is 0. The highest BCUT2D eigenvalue weighted by Gasteiger charge is 2.11.